The topological polar surface area (TPSA) is 75.1 Å². The van der Waals surface area contributed by atoms with Crippen LogP contribution in [0.2, 0.25) is 0 Å². The summed E-state index contributed by atoms with van der Waals surface area (Å²) in [6.07, 6.45) is 1.59. The fourth-order valence-electron chi connectivity index (χ4n) is 1.83. The number of aryl methyl sites for hydroxylation is 2. The van der Waals surface area contributed by atoms with E-state index < -0.39 is 5.97 Å². The molecule has 0 fully saturated rings. The van der Waals surface area contributed by atoms with Crippen molar-refractivity contribution in [3.8, 4) is 0 Å². The molecule has 98 valence electrons. The fraction of sp³-hybridized carbons (Fsp3) is 0.214. The van der Waals surface area contributed by atoms with Gasteiger partial charge in [-0.2, -0.15) is 0 Å². The quantitative estimate of drug-likeness (QED) is 0.879. The largest absolute Gasteiger partial charge is 0.478 e. The molecule has 0 unspecified atom stereocenters. The first-order valence-corrected chi connectivity index (χ1v) is 5.93. The molecule has 5 nitrogen and oxygen atoms in total. The van der Waals surface area contributed by atoms with Crippen LogP contribution in [-0.4, -0.2) is 21.0 Å². The summed E-state index contributed by atoms with van der Waals surface area (Å²) in [5.74, 6) is -0.610. The summed E-state index contributed by atoms with van der Waals surface area (Å²) in [5.41, 5.74) is 2.66. The van der Waals surface area contributed by atoms with Gasteiger partial charge in [0.1, 0.15) is 11.4 Å². The van der Waals surface area contributed by atoms with Crippen LogP contribution in [0.3, 0.4) is 0 Å². The van der Waals surface area contributed by atoms with E-state index in [0.717, 1.165) is 11.4 Å². The van der Waals surface area contributed by atoms with E-state index in [1.165, 1.54) is 0 Å². The van der Waals surface area contributed by atoms with E-state index in [9.17, 15) is 9.90 Å². The maximum absolute atomic E-state index is 11.2. The number of rotatable bonds is 4. The number of aromatic carboxylic acids is 1. The van der Waals surface area contributed by atoms with E-state index in [0.29, 0.717) is 17.9 Å². The van der Waals surface area contributed by atoms with Crippen LogP contribution in [0.1, 0.15) is 27.3 Å². The highest BCUT2D eigenvalue weighted by Crippen LogP contribution is 2.17. The molecule has 5 heteroatoms. The molecule has 0 bridgehead atoms. The van der Waals surface area contributed by atoms with Gasteiger partial charge in [0, 0.05) is 11.9 Å². The van der Waals surface area contributed by atoms with E-state index >= 15 is 0 Å². The Hall–Kier alpha value is -2.43. The molecule has 2 N–H and O–H groups in total. The average Bonchev–Trinajstić information content (AvgIpc) is 2.36. The third-order valence-electron chi connectivity index (χ3n) is 2.76. The molecular weight excluding hydrogens is 242 g/mol. The first-order valence-electron chi connectivity index (χ1n) is 5.93. The number of carboxylic acid groups (broad SMARTS) is 1. The Kier molecular flexibility index (Phi) is 3.75. The third-order valence-corrected chi connectivity index (χ3v) is 2.76. The zero-order valence-corrected chi connectivity index (χ0v) is 10.8. The van der Waals surface area contributed by atoms with Crippen molar-refractivity contribution in [2.45, 2.75) is 20.4 Å². The predicted molar refractivity (Wildman–Crippen MR) is 72.2 cm³/mol. The van der Waals surface area contributed by atoms with E-state index in [1.54, 1.807) is 19.2 Å². The zero-order chi connectivity index (χ0) is 13.8. The molecule has 0 aliphatic rings. The molecule has 0 aliphatic heterocycles. The van der Waals surface area contributed by atoms with Crippen molar-refractivity contribution in [3.05, 3.63) is 53.0 Å². The van der Waals surface area contributed by atoms with Crippen molar-refractivity contribution in [3.63, 3.8) is 0 Å². The molecule has 0 radical (unpaired) electrons. The molecule has 0 aliphatic carbocycles. The fourth-order valence-corrected chi connectivity index (χ4v) is 1.83. The lowest BCUT2D eigenvalue weighted by molar-refractivity contribution is 0.0697. The molecule has 2 aromatic rings. The van der Waals surface area contributed by atoms with Crippen LogP contribution in [0.5, 0.6) is 0 Å². The molecule has 0 aromatic carbocycles. The number of carboxylic acids is 1. The van der Waals surface area contributed by atoms with E-state index in [1.807, 2.05) is 25.1 Å². The van der Waals surface area contributed by atoms with Gasteiger partial charge < -0.3 is 10.4 Å². The zero-order valence-electron chi connectivity index (χ0n) is 10.8. The molecule has 0 atom stereocenters. The van der Waals surface area contributed by atoms with Crippen LogP contribution < -0.4 is 5.32 Å². The predicted octanol–water partition coefficient (Wildman–Crippen LogP) is 2.40. The number of nitrogens with one attached hydrogen (secondary N) is 1. The second kappa shape index (κ2) is 5.48. The normalized spacial score (nSPS) is 10.2. The van der Waals surface area contributed by atoms with Crippen molar-refractivity contribution < 1.29 is 9.90 Å². The SMILES string of the molecule is Cc1cccc(CNc2nccc(C)c2C(=O)O)n1. The van der Waals surface area contributed by atoms with E-state index in [-0.39, 0.29) is 5.56 Å². The molecule has 0 amide bonds. The average molecular weight is 257 g/mol. The van der Waals surface area contributed by atoms with Gasteiger partial charge in [0.2, 0.25) is 0 Å². The Morgan fingerprint density at radius 1 is 1.32 bits per heavy atom. The van der Waals surface area contributed by atoms with E-state index in [4.69, 9.17) is 0 Å². The van der Waals surface area contributed by atoms with Gasteiger partial charge in [0.05, 0.1) is 12.2 Å². The standard InChI is InChI=1S/C14H15N3O2/c1-9-6-7-15-13(12(9)14(18)19)16-8-11-5-3-4-10(2)17-11/h3-7H,8H2,1-2H3,(H,15,16)(H,18,19). The van der Waals surface area contributed by atoms with Crippen molar-refractivity contribution >= 4 is 11.8 Å². The number of hydrogen-bond donors (Lipinski definition) is 2. The molecular formula is C14H15N3O2. The first kappa shape index (κ1) is 13.0. The van der Waals surface area contributed by atoms with Gasteiger partial charge in [-0.3, -0.25) is 4.98 Å². The molecule has 2 rings (SSSR count). The molecule has 0 saturated heterocycles. The van der Waals surface area contributed by atoms with Crippen molar-refractivity contribution in [1.29, 1.82) is 0 Å². The Balaban J connectivity index is 2.20. The molecule has 0 spiro atoms. The van der Waals surface area contributed by atoms with Gasteiger partial charge in [-0.1, -0.05) is 6.07 Å². The maximum Gasteiger partial charge on any atom is 0.339 e. The van der Waals surface area contributed by atoms with Gasteiger partial charge in [-0.05, 0) is 37.6 Å². The minimum Gasteiger partial charge on any atom is -0.478 e. The molecule has 2 aromatic heterocycles. The number of nitrogens with zero attached hydrogens (tertiary/aromatic N) is 2. The highest BCUT2D eigenvalue weighted by Gasteiger charge is 2.14. The number of anilines is 1. The minimum absolute atomic E-state index is 0.204. The summed E-state index contributed by atoms with van der Waals surface area (Å²) >= 11 is 0. The molecule has 2 heterocycles. The van der Waals surface area contributed by atoms with Crippen LogP contribution in [0.4, 0.5) is 5.82 Å². The maximum atomic E-state index is 11.2. The summed E-state index contributed by atoms with van der Waals surface area (Å²) in [4.78, 5) is 19.6. The second-order valence-corrected chi connectivity index (χ2v) is 4.28. The highest BCUT2D eigenvalue weighted by atomic mass is 16.4. The van der Waals surface area contributed by atoms with Crippen molar-refractivity contribution in [2.24, 2.45) is 0 Å². The summed E-state index contributed by atoms with van der Waals surface area (Å²) in [6.45, 7) is 4.11. The van der Waals surface area contributed by atoms with Gasteiger partial charge in [-0.15, -0.1) is 0 Å². The van der Waals surface area contributed by atoms with Crippen LogP contribution in [0.25, 0.3) is 0 Å². The summed E-state index contributed by atoms with van der Waals surface area (Å²) in [6, 6.07) is 7.40. The van der Waals surface area contributed by atoms with Crippen LogP contribution in [0, 0.1) is 13.8 Å². The van der Waals surface area contributed by atoms with Crippen molar-refractivity contribution in [1.82, 2.24) is 9.97 Å². The lowest BCUT2D eigenvalue weighted by Crippen LogP contribution is -2.10. The summed E-state index contributed by atoms with van der Waals surface area (Å²) < 4.78 is 0. The Bertz CT molecular complexity index is 611. The first-order chi connectivity index (χ1) is 9.08. The number of pyridine rings is 2. The van der Waals surface area contributed by atoms with Crippen LogP contribution in [-0.2, 0) is 6.54 Å². The third kappa shape index (κ3) is 3.07. The molecule has 0 saturated carbocycles. The number of aromatic nitrogens is 2. The van der Waals surface area contributed by atoms with Crippen LogP contribution in [0.15, 0.2) is 30.5 Å². The van der Waals surface area contributed by atoms with Crippen molar-refractivity contribution in [2.75, 3.05) is 5.32 Å². The van der Waals surface area contributed by atoms with E-state index in [2.05, 4.69) is 15.3 Å². The Morgan fingerprint density at radius 2 is 2.11 bits per heavy atom. The van der Waals surface area contributed by atoms with Crippen LogP contribution >= 0.6 is 0 Å². The highest BCUT2D eigenvalue weighted by molar-refractivity contribution is 5.94. The lowest BCUT2D eigenvalue weighted by Gasteiger charge is -2.10. The Labute approximate surface area is 111 Å². The van der Waals surface area contributed by atoms with Gasteiger partial charge in [0.25, 0.3) is 0 Å². The molecule has 19 heavy (non-hydrogen) atoms. The number of carbonyl (C=O) groups is 1. The summed E-state index contributed by atoms with van der Waals surface area (Å²) in [5, 5.41) is 12.2. The van der Waals surface area contributed by atoms with Gasteiger partial charge in [0.15, 0.2) is 0 Å². The monoisotopic (exact) mass is 257 g/mol. The van der Waals surface area contributed by atoms with Gasteiger partial charge in [-0.25, -0.2) is 9.78 Å². The number of hydrogen-bond acceptors (Lipinski definition) is 4. The Morgan fingerprint density at radius 3 is 2.79 bits per heavy atom. The lowest BCUT2D eigenvalue weighted by atomic mass is 10.1. The smallest absolute Gasteiger partial charge is 0.339 e. The second-order valence-electron chi connectivity index (χ2n) is 4.28. The minimum atomic E-state index is -0.981. The van der Waals surface area contributed by atoms with Gasteiger partial charge >= 0.3 is 5.97 Å². The summed E-state index contributed by atoms with van der Waals surface area (Å²) in [7, 11) is 0.